The van der Waals surface area contributed by atoms with Gasteiger partial charge in [-0.05, 0) is 18.8 Å². The van der Waals surface area contributed by atoms with Gasteiger partial charge in [-0.2, -0.15) is 0 Å². The molecule has 3 nitrogen and oxygen atoms in total. The predicted octanol–water partition coefficient (Wildman–Crippen LogP) is 3.06. The molecule has 1 aromatic rings. The third kappa shape index (κ3) is 2.46. The molecule has 3 rings (SSSR count). The number of nitrogens with one attached hydrogen (secondary N) is 1. The summed E-state index contributed by atoms with van der Waals surface area (Å²) in [7, 11) is 1.85. The summed E-state index contributed by atoms with van der Waals surface area (Å²) in [6.07, 6.45) is 8.04. The minimum Gasteiger partial charge on any atom is -0.374 e. The van der Waals surface area contributed by atoms with E-state index in [4.69, 9.17) is 9.72 Å². The monoisotopic (exact) mass is 266 g/mol. The van der Waals surface area contributed by atoms with Gasteiger partial charge in [0, 0.05) is 31.5 Å². The number of aromatic nitrogens is 1. The maximum atomic E-state index is 5.78. The van der Waals surface area contributed by atoms with E-state index in [1.54, 1.807) is 0 Å². The zero-order valence-electron chi connectivity index (χ0n) is 11.1. The van der Waals surface area contributed by atoms with Crippen molar-refractivity contribution in [2.75, 3.05) is 13.7 Å². The molecule has 1 aliphatic heterocycles. The molecule has 1 fully saturated rings. The molecule has 0 saturated heterocycles. The summed E-state index contributed by atoms with van der Waals surface area (Å²) in [6, 6.07) is 0. The molecule has 1 aromatic heterocycles. The molecule has 0 bridgehead atoms. The van der Waals surface area contributed by atoms with Crippen molar-refractivity contribution in [3.63, 3.8) is 0 Å². The lowest BCUT2D eigenvalue weighted by molar-refractivity contribution is 0.0351. The number of hydrogen-bond acceptors (Lipinski definition) is 4. The number of nitrogens with zero attached hydrogens (tertiary/aromatic N) is 1. The Balaban J connectivity index is 1.79. The average molecular weight is 266 g/mol. The Morgan fingerprint density at radius 1 is 1.33 bits per heavy atom. The summed E-state index contributed by atoms with van der Waals surface area (Å²) in [5, 5.41) is 4.64. The molecule has 2 aliphatic rings. The van der Waals surface area contributed by atoms with Crippen molar-refractivity contribution in [2.24, 2.45) is 5.92 Å². The normalized spacial score (nSPS) is 22.7. The number of methoxy groups -OCH3 is 1. The van der Waals surface area contributed by atoms with Crippen molar-refractivity contribution in [1.29, 1.82) is 0 Å². The quantitative estimate of drug-likeness (QED) is 0.913. The maximum Gasteiger partial charge on any atom is 0.122 e. The van der Waals surface area contributed by atoms with Crippen LogP contribution in [0.5, 0.6) is 0 Å². The molecule has 0 aromatic carbocycles. The van der Waals surface area contributed by atoms with Gasteiger partial charge in [0.2, 0.25) is 0 Å². The Bertz CT molecular complexity index is 375. The largest absolute Gasteiger partial charge is 0.374 e. The van der Waals surface area contributed by atoms with E-state index < -0.39 is 0 Å². The molecule has 18 heavy (non-hydrogen) atoms. The second-order valence-corrected chi connectivity index (χ2v) is 6.52. The highest BCUT2D eigenvalue weighted by Crippen LogP contribution is 2.39. The lowest BCUT2D eigenvalue weighted by atomic mass is 9.85. The van der Waals surface area contributed by atoms with Crippen LogP contribution in [0.15, 0.2) is 0 Å². The van der Waals surface area contributed by atoms with Gasteiger partial charge in [-0.25, -0.2) is 4.98 Å². The summed E-state index contributed by atoms with van der Waals surface area (Å²) >= 11 is 1.86. The van der Waals surface area contributed by atoms with Crippen LogP contribution in [-0.4, -0.2) is 18.6 Å². The lowest BCUT2D eigenvalue weighted by Gasteiger charge is -2.27. The van der Waals surface area contributed by atoms with Crippen molar-refractivity contribution in [3.8, 4) is 0 Å². The first-order valence-corrected chi connectivity index (χ1v) is 7.92. The summed E-state index contributed by atoms with van der Waals surface area (Å²) in [6.45, 7) is 2.06. The lowest BCUT2D eigenvalue weighted by Crippen LogP contribution is -2.22. The van der Waals surface area contributed by atoms with Gasteiger partial charge in [0.15, 0.2) is 0 Å². The van der Waals surface area contributed by atoms with Gasteiger partial charge in [0.25, 0.3) is 0 Å². The van der Waals surface area contributed by atoms with Crippen molar-refractivity contribution < 1.29 is 4.74 Å². The molecule has 1 unspecified atom stereocenters. The first kappa shape index (κ1) is 12.6. The fourth-order valence-corrected chi connectivity index (χ4v) is 4.45. The minimum absolute atomic E-state index is 0.237. The van der Waals surface area contributed by atoms with Crippen molar-refractivity contribution in [2.45, 2.75) is 51.2 Å². The Labute approximate surface area is 113 Å². The molecule has 100 valence electrons. The van der Waals surface area contributed by atoms with E-state index in [0.29, 0.717) is 5.92 Å². The van der Waals surface area contributed by atoms with Crippen LogP contribution in [-0.2, 0) is 17.7 Å². The third-order valence-corrected chi connectivity index (χ3v) is 5.35. The highest BCUT2D eigenvalue weighted by Gasteiger charge is 2.28. The molecule has 1 N–H and O–H groups in total. The van der Waals surface area contributed by atoms with E-state index in [0.717, 1.165) is 19.5 Å². The van der Waals surface area contributed by atoms with Crippen molar-refractivity contribution >= 4 is 11.3 Å². The van der Waals surface area contributed by atoms with Gasteiger partial charge >= 0.3 is 0 Å². The maximum absolute atomic E-state index is 5.78. The smallest absolute Gasteiger partial charge is 0.122 e. The molecule has 4 heteroatoms. The fourth-order valence-electron chi connectivity index (χ4n) is 3.20. The Morgan fingerprint density at radius 3 is 2.89 bits per heavy atom. The van der Waals surface area contributed by atoms with Gasteiger partial charge < -0.3 is 10.1 Å². The predicted molar refractivity (Wildman–Crippen MR) is 73.8 cm³/mol. The fraction of sp³-hybridized carbons (Fsp3) is 0.786. The van der Waals surface area contributed by atoms with E-state index in [-0.39, 0.29) is 6.10 Å². The zero-order valence-corrected chi connectivity index (χ0v) is 11.9. The molecule has 0 spiro atoms. The van der Waals surface area contributed by atoms with Gasteiger partial charge in [-0.1, -0.05) is 19.3 Å². The topological polar surface area (TPSA) is 34.1 Å². The SMILES string of the molecule is COC(c1nc2c(s1)CNCC2)C1CCCCC1. The van der Waals surface area contributed by atoms with E-state index in [1.165, 1.54) is 47.7 Å². The molecule has 0 amide bonds. The van der Waals surface area contributed by atoms with E-state index in [1.807, 2.05) is 18.4 Å². The number of ether oxygens (including phenoxy) is 1. The molecule has 1 atom stereocenters. The number of thiazole rings is 1. The van der Waals surface area contributed by atoms with Crippen LogP contribution >= 0.6 is 11.3 Å². The van der Waals surface area contributed by atoms with Gasteiger partial charge in [-0.3, -0.25) is 0 Å². The molecule has 1 saturated carbocycles. The van der Waals surface area contributed by atoms with Crippen LogP contribution in [0.2, 0.25) is 0 Å². The van der Waals surface area contributed by atoms with Crippen LogP contribution in [0.1, 0.15) is 53.8 Å². The third-order valence-electron chi connectivity index (χ3n) is 4.19. The second kappa shape index (κ2) is 5.68. The molecule has 2 heterocycles. The minimum atomic E-state index is 0.237. The van der Waals surface area contributed by atoms with Crippen LogP contribution < -0.4 is 5.32 Å². The van der Waals surface area contributed by atoms with Crippen molar-refractivity contribution in [3.05, 3.63) is 15.6 Å². The standard InChI is InChI=1S/C14H22N2OS/c1-17-13(10-5-3-2-4-6-10)14-16-11-7-8-15-9-12(11)18-14/h10,13,15H,2-9H2,1H3. The van der Waals surface area contributed by atoms with Crippen LogP contribution in [0.4, 0.5) is 0 Å². The van der Waals surface area contributed by atoms with E-state index in [2.05, 4.69) is 5.32 Å². The first-order chi connectivity index (χ1) is 8.88. The first-order valence-electron chi connectivity index (χ1n) is 7.10. The number of rotatable bonds is 3. The van der Waals surface area contributed by atoms with Crippen LogP contribution in [0, 0.1) is 5.92 Å². The summed E-state index contributed by atoms with van der Waals surface area (Å²) in [4.78, 5) is 6.28. The molecule has 1 aliphatic carbocycles. The molecule has 0 radical (unpaired) electrons. The van der Waals surface area contributed by atoms with E-state index in [9.17, 15) is 0 Å². The zero-order chi connectivity index (χ0) is 12.4. The summed E-state index contributed by atoms with van der Waals surface area (Å²) in [5.41, 5.74) is 1.31. The average Bonchev–Trinajstić information content (AvgIpc) is 2.84. The summed E-state index contributed by atoms with van der Waals surface area (Å²) in [5.74, 6) is 0.685. The van der Waals surface area contributed by atoms with E-state index >= 15 is 0 Å². The second-order valence-electron chi connectivity index (χ2n) is 5.40. The van der Waals surface area contributed by atoms with Crippen molar-refractivity contribution in [1.82, 2.24) is 10.3 Å². The number of fused-ring (bicyclic) bond motifs is 1. The highest BCUT2D eigenvalue weighted by atomic mass is 32.1. The number of hydrogen-bond donors (Lipinski definition) is 1. The molecular weight excluding hydrogens is 244 g/mol. The Kier molecular flexibility index (Phi) is 3.97. The Morgan fingerprint density at radius 2 is 2.17 bits per heavy atom. The van der Waals surface area contributed by atoms with Gasteiger partial charge in [0.1, 0.15) is 11.1 Å². The van der Waals surface area contributed by atoms with Gasteiger partial charge in [0.05, 0.1) is 5.69 Å². The summed E-state index contributed by atoms with van der Waals surface area (Å²) < 4.78 is 5.78. The molecular formula is C14H22N2OS. The van der Waals surface area contributed by atoms with Crippen LogP contribution in [0.25, 0.3) is 0 Å². The van der Waals surface area contributed by atoms with Gasteiger partial charge in [-0.15, -0.1) is 11.3 Å². The van der Waals surface area contributed by atoms with Crippen LogP contribution in [0.3, 0.4) is 0 Å². The Hall–Kier alpha value is -0.450. The highest BCUT2D eigenvalue weighted by molar-refractivity contribution is 7.11.